The summed E-state index contributed by atoms with van der Waals surface area (Å²) < 4.78 is 0. The van der Waals surface area contributed by atoms with Gasteiger partial charge in [0.25, 0.3) is 5.91 Å². The quantitative estimate of drug-likeness (QED) is 0.905. The van der Waals surface area contributed by atoms with Crippen LogP contribution < -0.4 is 5.32 Å². The second-order valence-electron chi connectivity index (χ2n) is 4.32. The highest BCUT2D eigenvalue weighted by Gasteiger charge is 2.28. The van der Waals surface area contributed by atoms with E-state index in [1.807, 2.05) is 20.8 Å². The molecule has 0 aliphatic heterocycles. The van der Waals surface area contributed by atoms with Gasteiger partial charge in [-0.05, 0) is 37.5 Å². The molecule has 96 valence electrons. The van der Waals surface area contributed by atoms with Gasteiger partial charge in [-0.2, -0.15) is 5.26 Å². The van der Waals surface area contributed by atoms with Crippen molar-refractivity contribution in [1.29, 1.82) is 5.26 Å². The smallest absolute Gasteiger partial charge is 0.252 e. The van der Waals surface area contributed by atoms with Gasteiger partial charge in [0, 0.05) is 10.6 Å². The van der Waals surface area contributed by atoms with E-state index in [-0.39, 0.29) is 5.91 Å². The fourth-order valence-electron chi connectivity index (χ4n) is 1.64. The molecule has 1 amide bonds. The van der Waals surface area contributed by atoms with Crippen LogP contribution >= 0.6 is 11.6 Å². The molecule has 0 bridgehead atoms. The van der Waals surface area contributed by atoms with E-state index in [1.54, 1.807) is 18.2 Å². The Morgan fingerprint density at radius 1 is 1.44 bits per heavy atom. The van der Waals surface area contributed by atoms with Gasteiger partial charge in [-0.1, -0.05) is 31.5 Å². The van der Waals surface area contributed by atoms with Crippen LogP contribution in [0.15, 0.2) is 18.2 Å². The highest BCUT2D eigenvalue weighted by Crippen LogP contribution is 2.19. The highest BCUT2D eigenvalue weighted by molar-refractivity contribution is 6.31. The Bertz CT molecular complexity index is 487. The van der Waals surface area contributed by atoms with Gasteiger partial charge >= 0.3 is 0 Å². The van der Waals surface area contributed by atoms with E-state index in [4.69, 9.17) is 11.6 Å². The lowest BCUT2D eigenvalue weighted by atomic mass is 9.94. The number of carbonyl (C=O) groups excluding carboxylic acids is 1. The van der Waals surface area contributed by atoms with Crippen molar-refractivity contribution in [2.24, 2.45) is 0 Å². The van der Waals surface area contributed by atoms with Crippen molar-refractivity contribution in [2.45, 2.75) is 39.2 Å². The zero-order valence-corrected chi connectivity index (χ0v) is 11.6. The number of nitriles is 1. The van der Waals surface area contributed by atoms with Gasteiger partial charge in [0.15, 0.2) is 0 Å². The van der Waals surface area contributed by atoms with Crippen LogP contribution in [0.3, 0.4) is 0 Å². The number of rotatable bonds is 4. The van der Waals surface area contributed by atoms with Crippen molar-refractivity contribution in [1.82, 2.24) is 5.32 Å². The highest BCUT2D eigenvalue weighted by atomic mass is 35.5. The van der Waals surface area contributed by atoms with E-state index in [1.165, 1.54) is 0 Å². The third kappa shape index (κ3) is 3.02. The van der Waals surface area contributed by atoms with Crippen molar-refractivity contribution in [2.75, 3.05) is 0 Å². The van der Waals surface area contributed by atoms with E-state index in [0.29, 0.717) is 23.4 Å². The lowest BCUT2D eigenvalue weighted by molar-refractivity contribution is 0.0915. The number of aryl methyl sites for hydroxylation is 1. The molecule has 0 fully saturated rings. The average Bonchev–Trinajstić information content (AvgIpc) is 2.39. The average molecular weight is 265 g/mol. The molecule has 1 rings (SSSR count). The molecule has 0 aliphatic rings. The van der Waals surface area contributed by atoms with Crippen LogP contribution in [0.1, 0.15) is 42.6 Å². The van der Waals surface area contributed by atoms with E-state index in [2.05, 4.69) is 11.4 Å². The third-order valence-corrected chi connectivity index (χ3v) is 3.62. The Morgan fingerprint density at radius 3 is 2.50 bits per heavy atom. The number of amides is 1. The summed E-state index contributed by atoms with van der Waals surface area (Å²) in [6.07, 6.45) is 1.15. The Labute approximate surface area is 113 Å². The molecule has 1 aromatic rings. The second-order valence-corrected chi connectivity index (χ2v) is 4.73. The molecular formula is C14H17ClN2O. The summed E-state index contributed by atoms with van der Waals surface area (Å²) >= 11 is 5.99. The fourth-order valence-corrected chi connectivity index (χ4v) is 1.82. The van der Waals surface area contributed by atoms with Crippen molar-refractivity contribution in [3.05, 3.63) is 34.3 Å². The van der Waals surface area contributed by atoms with Crippen LogP contribution in [0.2, 0.25) is 5.02 Å². The molecule has 4 heteroatoms. The van der Waals surface area contributed by atoms with Crippen molar-refractivity contribution in [3.63, 3.8) is 0 Å². The first-order valence-electron chi connectivity index (χ1n) is 5.98. The molecule has 1 aromatic carbocycles. The van der Waals surface area contributed by atoms with Gasteiger partial charge in [0.05, 0.1) is 6.07 Å². The monoisotopic (exact) mass is 264 g/mol. The minimum atomic E-state index is -0.797. The van der Waals surface area contributed by atoms with Crippen LogP contribution in [-0.2, 0) is 0 Å². The zero-order chi connectivity index (χ0) is 13.8. The molecule has 0 spiro atoms. The van der Waals surface area contributed by atoms with Gasteiger partial charge in [-0.25, -0.2) is 0 Å². The van der Waals surface area contributed by atoms with Gasteiger partial charge in [0.1, 0.15) is 5.54 Å². The predicted octanol–water partition coefficient (Wildman–Crippen LogP) is 3.46. The summed E-state index contributed by atoms with van der Waals surface area (Å²) in [4.78, 5) is 12.1. The molecule has 18 heavy (non-hydrogen) atoms. The SMILES string of the molecule is CCC(C#N)(CC)NC(=O)c1ccc(C)c(Cl)c1. The van der Waals surface area contributed by atoms with Gasteiger partial charge in [0.2, 0.25) is 0 Å². The summed E-state index contributed by atoms with van der Waals surface area (Å²) in [5, 5.41) is 12.5. The lowest BCUT2D eigenvalue weighted by Gasteiger charge is -2.25. The summed E-state index contributed by atoms with van der Waals surface area (Å²) in [5.74, 6) is -0.262. The van der Waals surface area contributed by atoms with E-state index >= 15 is 0 Å². The second kappa shape index (κ2) is 5.88. The summed E-state index contributed by atoms with van der Waals surface area (Å²) in [6.45, 7) is 5.64. The first-order valence-corrected chi connectivity index (χ1v) is 6.35. The molecule has 0 radical (unpaired) electrons. The molecule has 0 aromatic heterocycles. The first-order chi connectivity index (χ1) is 8.48. The standard InChI is InChI=1S/C14H17ClN2O/c1-4-14(5-2,9-16)17-13(18)11-7-6-10(3)12(15)8-11/h6-8H,4-5H2,1-3H3,(H,17,18). The molecule has 0 saturated heterocycles. The van der Waals surface area contributed by atoms with Gasteiger partial charge in [-0.15, -0.1) is 0 Å². The Morgan fingerprint density at radius 2 is 2.06 bits per heavy atom. The Kier molecular flexibility index (Phi) is 4.75. The van der Waals surface area contributed by atoms with Crippen molar-refractivity contribution >= 4 is 17.5 Å². The van der Waals surface area contributed by atoms with Crippen LogP contribution in [-0.4, -0.2) is 11.4 Å². The van der Waals surface area contributed by atoms with Gasteiger partial charge < -0.3 is 5.32 Å². The van der Waals surface area contributed by atoms with E-state index in [0.717, 1.165) is 5.56 Å². The Balaban J connectivity index is 2.95. The topological polar surface area (TPSA) is 52.9 Å². The number of nitrogens with zero attached hydrogens (tertiary/aromatic N) is 1. The normalized spacial score (nSPS) is 10.8. The Hall–Kier alpha value is -1.53. The van der Waals surface area contributed by atoms with Crippen LogP contribution in [0.25, 0.3) is 0 Å². The number of halogens is 1. The van der Waals surface area contributed by atoms with Crippen molar-refractivity contribution in [3.8, 4) is 6.07 Å². The summed E-state index contributed by atoms with van der Waals surface area (Å²) in [5.41, 5.74) is 0.604. The predicted molar refractivity (Wildman–Crippen MR) is 72.6 cm³/mol. The minimum absolute atomic E-state index is 0.262. The lowest BCUT2D eigenvalue weighted by Crippen LogP contribution is -2.46. The van der Waals surface area contributed by atoms with E-state index < -0.39 is 5.54 Å². The molecule has 0 saturated carbocycles. The number of hydrogen-bond donors (Lipinski definition) is 1. The molecule has 1 N–H and O–H groups in total. The van der Waals surface area contributed by atoms with E-state index in [9.17, 15) is 10.1 Å². The molecule has 3 nitrogen and oxygen atoms in total. The minimum Gasteiger partial charge on any atom is -0.334 e. The van der Waals surface area contributed by atoms with Crippen LogP contribution in [0, 0.1) is 18.3 Å². The van der Waals surface area contributed by atoms with Crippen LogP contribution in [0.4, 0.5) is 0 Å². The first kappa shape index (κ1) is 14.5. The van der Waals surface area contributed by atoms with Crippen molar-refractivity contribution < 1.29 is 4.79 Å². The largest absolute Gasteiger partial charge is 0.334 e. The van der Waals surface area contributed by atoms with Gasteiger partial charge in [-0.3, -0.25) is 4.79 Å². The maximum atomic E-state index is 12.1. The molecule has 0 unspecified atom stereocenters. The maximum Gasteiger partial charge on any atom is 0.252 e. The maximum absolute atomic E-state index is 12.1. The number of benzene rings is 1. The molecule has 0 aliphatic carbocycles. The van der Waals surface area contributed by atoms with Crippen LogP contribution in [0.5, 0.6) is 0 Å². The zero-order valence-electron chi connectivity index (χ0n) is 10.9. The fraction of sp³-hybridized carbons (Fsp3) is 0.429. The number of nitrogens with one attached hydrogen (secondary N) is 1. The third-order valence-electron chi connectivity index (χ3n) is 3.21. The summed E-state index contributed by atoms with van der Waals surface area (Å²) in [6, 6.07) is 7.31. The number of hydrogen-bond acceptors (Lipinski definition) is 2. The molecular weight excluding hydrogens is 248 g/mol. The molecule has 0 heterocycles. The number of carbonyl (C=O) groups is 1. The molecule has 0 atom stereocenters. The summed E-state index contributed by atoms with van der Waals surface area (Å²) in [7, 11) is 0.